The Morgan fingerprint density at radius 1 is 1.27 bits per heavy atom. The summed E-state index contributed by atoms with van der Waals surface area (Å²) in [7, 11) is 0. The number of carboxylic acid groups (broad SMARTS) is 1. The summed E-state index contributed by atoms with van der Waals surface area (Å²) < 4.78 is 0. The third-order valence-electron chi connectivity index (χ3n) is 5.30. The second-order valence-electron chi connectivity index (χ2n) is 6.66. The van der Waals surface area contributed by atoms with Gasteiger partial charge in [-0.05, 0) is 17.9 Å². The zero-order valence-corrected chi connectivity index (χ0v) is 12.7. The summed E-state index contributed by atoms with van der Waals surface area (Å²) in [6, 6.07) is 9.54. The molecule has 1 saturated heterocycles. The van der Waals surface area contributed by atoms with E-state index in [1.165, 1.54) is 6.42 Å². The molecule has 1 saturated carbocycles. The second-order valence-corrected chi connectivity index (χ2v) is 6.66. The molecule has 2 fully saturated rings. The Labute approximate surface area is 131 Å². The highest BCUT2D eigenvalue weighted by Crippen LogP contribution is 2.36. The van der Waals surface area contributed by atoms with E-state index in [4.69, 9.17) is 0 Å². The van der Waals surface area contributed by atoms with Crippen molar-refractivity contribution in [2.24, 2.45) is 11.8 Å². The van der Waals surface area contributed by atoms with Crippen molar-refractivity contribution in [2.45, 2.75) is 37.6 Å². The van der Waals surface area contributed by atoms with Crippen molar-refractivity contribution in [3.63, 3.8) is 0 Å². The molecule has 118 valence electrons. The molecule has 1 aromatic carbocycles. The minimum Gasteiger partial charge on any atom is -0.480 e. The van der Waals surface area contributed by atoms with Crippen LogP contribution in [0.5, 0.6) is 0 Å². The van der Waals surface area contributed by atoms with Crippen molar-refractivity contribution in [2.75, 3.05) is 13.1 Å². The predicted octanol–water partition coefficient (Wildman–Crippen LogP) is 2.54. The van der Waals surface area contributed by atoms with Crippen LogP contribution in [0, 0.1) is 11.8 Å². The van der Waals surface area contributed by atoms with E-state index in [1.807, 2.05) is 35.2 Å². The number of carbonyl (C=O) groups is 2. The maximum atomic E-state index is 11.7. The van der Waals surface area contributed by atoms with Gasteiger partial charge in [-0.15, -0.1) is 0 Å². The van der Waals surface area contributed by atoms with Crippen LogP contribution in [0.2, 0.25) is 0 Å². The van der Waals surface area contributed by atoms with E-state index in [0.717, 1.165) is 31.1 Å². The van der Waals surface area contributed by atoms with E-state index < -0.39 is 12.0 Å². The highest BCUT2D eigenvalue weighted by molar-refractivity contribution is 5.74. The monoisotopic (exact) mass is 301 g/mol. The number of hydrogen-bond acceptors (Lipinski definition) is 3. The number of benzene rings is 1. The van der Waals surface area contributed by atoms with Gasteiger partial charge in [-0.3, -0.25) is 9.69 Å². The molecule has 1 aliphatic heterocycles. The van der Waals surface area contributed by atoms with Crippen molar-refractivity contribution in [1.29, 1.82) is 0 Å². The molecule has 4 nitrogen and oxygen atoms in total. The minimum absolute atomic E-state index is 0.106. The largest absolute Gasteiger partial charge is 0.480 e. The smallest absolute Gasteiger partial charge is 0.320 e. The highest BCUT2D eigenvalue weighted by Gasteiger charge is 2.40. The Balaban J connectivity index is 1.74. The fourth-order valence-corrected chi connectivity index (χ4v) is 3.76. The average Bonchev–Trinajstić information content (AvgIpc) is 2.90. The lowest BCUT2D eigenvalue weighted by atomic mass is 9.80. The molecule has 1 aliphatic carbocycles. The normalized spacial score (nSPS) is 27.3. The fraction of sp³-hybridized carbons (Fsp3) is 0.556. The van der Waals surface area contributed by atoms with E-state index in [1.54, 1.807) is 0 Å². The molecule has 1 heterocycles. The molecule has 1 N–H and O–H groups in total. The summed E-state index contributed by atoms with van der Waals surface area (Å²) in [4.78, 5) is 25.1. The lowest BCUT2D eigenvalue weighted by Gasteiger charge is -2.32. The number of carboxylic acids is 1. The predicted molar refractivity (Wildman–Crippen MR) is 83.7 cm³/mol. The van der Waals surface area contributed by atoms with Gasteiger partial charge < -0.3 is 9.90 Å². The molecule has 22 heavy (non-hydrogen) atoms. The Kier molecular flexibility index (Phi) is 4.57. The van der Waals surface area contributed by atoms with Gasteiger partial charge in [0, 0.05) is 24.9 Å². The maximum Gasteiger partial charge on any atom is 0.320 e. The molecule has 0 radical (unpaired) electrons. The van der Waals surface area contributed by atoms with Crippen molar-refractivity contribution in [1.82, 2.24) is 4.90 Å². The molecule has 0 bridgehead atoms. The number of nitrogens with zero attached hydrogens (tertiary/aromatic N) is 1. The summed E-state index contributed by atoms with van der Waals surface area (Å²) in [5.74, 6) is -0.190. The third kappa shape index (κ3) is 3.07. The maximum absolute atomic E-state index is 11.7. The van der Waals surface area contributed by atoms with Crippen LogP contribution in [0.4, 0.5) is 0 Å². The van der Waals surface area contributed by atoms with Gasteiger partial charge in [0.15, 0.2) is 0 Å². The van der Waals surface area contributed by atoms with E-state index in [-0.39, 0.29) is 11.8 Å². The van der Waals surface area contributed by atoms with Crippen molar-refractivity contribution >= 4 is 12.3 Å². The molecule has 3 rings (SSSR count). The molecule has 3 unspecified atom stereocenters. The number of aliphatic carboxylic acids is 1. The minimum atomic E-state index is -0.745. The molecule has 0 amide bonds. The van der Waals surface area contributed by atoms with Gasteiger partial charge in [-0.2, -0.15) is 0 Å². The van der Waals surface area contributed by atoms with Crippen molar-refractivity contribution < 1.29 is 14.7 Å². The zero-order chi connectivity index (χ0) is 15.5. The molecule has 3 atom stereocenters. The molecular weight excluding hydrogens is 278 g/mol. The topological polar surface area (TPSA) is 57.6 Å². The summed E-state index contributed by atoms with van der Waals surface area (Å²) in [6.07, 6.45) is 5.25. The van der Waals surface area contributed by atoms with E-state index in [0.29, 0.717) is 19.0 Å². The van der Waals surface area contributed by atoms with E-state index >= 15 is 0 Å². The average molecular weight is 301 g/mol. The van der Waals surface area contributed by atoms with Crippen LogP contribution in [0.3, 0.4) is 0 Å². The number of carbonyl (C=O) groups excluding carboxylic acids is 1. The Hall–Kier alpha value is -1.68. The van der Waals surface area contributed by atoms with Crippen LogP contribution < -0.4 is 0 Å². The van der Waals surface area contributed by atoms with E-state index in [9.17, 15) is 14.7 Å². The Morgan fingerprint density at radius 2 is 2.00 bits per heavy atom. The van der Waals surface area contributed by atoms with Crippen LogP contribution in [-0.2, 0) is 9.59 Å². The van der Waals surface area contributed by atoms with Crippen LogP contribution >= 0.6 is 0 Å². The molecule has 0 spiro atoms. The van der Waals surface area contributed by atoms with Gasteiger partial charge in [-0.1, -0.05) is 49.6 Å². The van der Waals surface area contributed by atoms with Gasteiger partial charge in [0.2, 0.25) is 0 Å². The molecule has 4 heteroatoms. The first-order valence-corrected chi connectivity index (χ1v) is 8.16. The number of aldehydes is 1. The molecule has 2 aliphatic rings. The van der Waals surface area contributed by atoms with Crippen molar-refractivity contribution in [3.05, 3.63) is 35.9 Å². The molecule has 1 aromatic rings. The summed E-state index contributed by atoms with van der Waals surface area (Å²) in [5, 5.41) is 9.59. The highest BCUT2D eigenvalue weighted by atomic mass is 16.4. The van der Waals surface area contributed by atoms with Crippen molar-refractivity contribution in [3.8, 4) is 0 Å². The lowest BCUT2D eigenvalue weighted by molar-refractivity contribution is -0.144. The van der Waals surface area contributed by atoms with Crippen LogP contribution in [-0.4, -0.2) is 41.4 Å². The quantitative estimate of drug-likeness (QED) is 0.820. The van der Waals surface area contributed by atoms with Crippen LogP contribution in [0.25, 0.3) is 0 Å². The standard InChI is InChI=1S/C18H23NO3/c20-12-15-10-19(11-16(15)14-7-2-1-3-8-14)17(18(21)22)9-13-5-4-6-13/h1-3,7-8,12-13,15-17H,4-6,9-11H2,(H,21,22). The first-order valence-electron chi connectivity index (χ1n) is 8.16. The van der Waals surface area contributed by atoms with Gasteiger partial charge in [-0.25, -0.2) is 0 Å². The fourth-order valence-electron chi connectivity index (χ4n) is 3.76. The van der Waals surface area contributed by atoms with Crippen LogP contribution in [0.15, 0.2) is 30.3 Å². The zero-order valence-electron chi connectivity index (χ0n) is 12.7. The van der Waals surface area contributed by atoms with Gasteiger partial charge in [0.25, 0.3) is 0 Å². The first-order chi connectivity index (χ1) is 10.7. The molecule has 0 aromatic heterocycles. The second kappa shape index (κ2) is 6.61. The Bertz CT molecular complexity index is 526. The number of likely N-dealkylation sites (tertiary alicyclic amines) is 1. The summed E-state index contributed by atoms with van der Waals surface area (Å²) in [6.45, 7) is 1.23. The first kappa shape index (κ1) is 15.2. The Morgan fingerprint density at radius 3 is 2.55 bits per heavy atom. The number of hydrogen-bond donors (Lipinski definition) is 1. The SMILES string of the molecule is O=CC1CN(C(CC2CCC2)C(=O)O)CC1c1ccccc1. The van der Waals surface area contributed by atoms with E-state index in [2.05, 4.69) is 0 Å². The van der Waals surface area contributed by atoms with Gasteiger partial charge in [0.1, 0.15) is 12.3 Å². The molecular formula is C18H23NO3. The number of rotatable bonds is 6. The summed E-state index contributed by atoms with van der Waals surface area (Å²) in [5.41, 5.74) is 1.13. The van der Waals surface area contributed by atoms with Gasteiger partial charge in [0.05, 0.1) is 0 Å². The lowest BCUT2D eigenvalue weighted by Crippen LogP contribution is -2.42. The summed E-state index contributed by atoms with van der Waals surface area (Å²) >= 11 is 0. The third-order valence-corrected chi connectivity index (χ3v) is 5.30. The van der Waals surface area contributed by atoms with Crippen LogP contribution in [0.1, 0.15) is 37.2 Å². The van der Waals surface area contributed by atoms with Gasteiger partial charge >= 0.3 is 5.97 Å².